The maximum absolute atomic E-state index is 6.08. The van der Waals surface area contributed by atoms with Gasteiger partial charge in [0.2, 0.25) is 0 Å². The summed E-state index contributed by atoms with van der Waals surface area (Å²) in [5.74, 6) is 1.76. The number of aromatic amines is 2. The highest BCUT2D eigenvalue weighted by atomic mass is 15.0. The quantitative estimate of drug-likeness (QED) is 0.490. The molecule has 4 aromatic rings. The fourth-order valence-electron chi connectivity index (χ4n) is 2.58. The number of H-pyrrole nitrogens is 2. The fourth-order valence-corrected chi connectivity index (χ4v) is 2.58. The SMILES string of the molecule is CC.Cc1ccc2[nH]c(Cc3nc4ccccc4[nH]3)nc2c1N. The van der Waals surface area contributed by atoms with Gasteiger partial charge in [-0.25, -0.2) is 9.97 Å². The molecule has 0 aliphatic heterocycles. The number of aromatic nitrogens is 4. The predicted octanol–water partition coefficient (Wildman–Crippen LogP) is 3.95. The summed E-state index contributed by atoms with van der Waals surface area (Å²) in [6, 6.07) is 12.0. The molecule has 4 rings (SSSR count). The second-order valence-corrected chi connectivity index (χ2v) is 5.25. The molecule has 0 amide bonds. The van der Waals surface area contributed by atoms with Crippen molar-refractivity contribution in [2.24, 2.45) is 0 Å². The Hall–Kier alpha value is -2.82. The zero-order chi connectivity index (χ0) is 16.4. The van der Waals surface area contributed by atoms with Crippen molar-refractivity contribution in [1.82, 2.24) is 19.9 Å². The number of para-hydroxylation sites is 2. The van der Waals surface area contributed by atoms with Crippen molar-refractivity contribution >= 4 is 27.8 Å². The third kappa shape index (κ3) is 2.77. The molecule has 118 valence electrons. The van der Waals surface area contributed by atoms with Gasteiger partial charge in [0.05, 0.1) is 28.7 Å². The molecule has 5 heteroatoms. The Morgan fingerprint density at radius 1 is 0.913 bits per heavy atom. The summed E-state index contributed by atoms with van der Waals surface area (Å²) in [6.07, 6.45) is 0.627. The number of hydrogen-bond acceptors (Lipinski definition) is 3. The molecule has 0 spiro atoms. The van der Waals surface area contributed by atoms with Crippen LogP contribution in [-0.2, 0) is 6.42 Å². The lowest BCUT2D eigenvalue weighted by Crippen LogP contribution is -1.93. The number of nitrogens with two attached hydrogens (primary N) is 1. The van der Waals surface area contributed by atoms with Crippen molar-refractivity contribution in [3.05, 3.63) is 53.6 Å². The van der Waals surface area contributed by atoms with Gasteiger partial charge < -0.3 is 15.7 Å². The molecule has 0 bridgehead atoms. The smallest absolute Gasteiger partial charge is 0.114 e. The highest BCUT2D eigenvalue weighted by Gasteiger charge is 2.10. The van der Waals surface area contributed by atoms with Gasteiger partial charge in [0.15, 0.2) is 0 Å². The number of nitrogen functional groups attached to an aromatic ring is 1. The Morgan fingerprint density at radius 2 is 1.61 bits per heavy atom. The van der Waals surface area contributed by atoms with E-state index in [0.29, 0.717) is 6.42 Å². The largest absolute Gasteiger partial charge is 0.397 e. The Kier molecular flexibility index (Phi) is 4.02. The standard InChI is InChI=1S/C16H15N5.C2H6/c1-9-6-7-12-16(15(9)17)21-14(20-12)8-13-18-10-4-2-3-5-11(10)19-13;1-2/h2-7H,8,17H2,1H3,(H,18,19)(H,20,21);1-2H3. The Balaban J connectivity index is 0.000000753. The lowest BCUT2D eigenvalue weighted by atomic mass is 10.2. The van der Waals surface area contributed by atoms with Gasteiger partial charge in [0.25, 0.3) is 0 Å². The molecule has 0 radical (unpaired) electrons. The van der Waals surface area contributed by atoms with Crippen LogP contribution in [-0.4, -0.2) is 19.9 Å². The third-order valence-electron chi connectivity index (χ3n) is 3.73. The van der Waals surface area contributed by atoms with E-state index in [1.165, 1.54) is 0 Å². The summed E-state index contributed by atoms with van der Waals surface area (Å²) in [5, 5.41) is 0. The third-order valence-corrected chi connectivity index (χ3v) is 3.73. The molecule has 0 saturated carbocycles. The maximum atomic E-state index is 6.08. The fraction of sp³-hybridized carbons (Fsp3) is 0.222. The van der Waals surface area contributed by atoms with Crippen LogP contribution in [0.5, 0.6) is 0 Å². The minimum Gasteiger partial charge on any atom is -0.397 e. The van der Waals surface area contributed by atoms with Crippen LogP contribution >= 0.6 is 0 Å². The summed E-state index contributed by atoms with van der Waals surface area (Å²) in [5.41, 5.74) is 11.7. The molecule has 2 aromatic carbocycles. The number of imidazole rings is 2. The minimum atomic E-state index is 0.627. The zero-order valence-corrected chi connectivity index (χ0v) is 13.6. The summed E-state index contributed by atoms with van der Waals surface area (Å²) in [4.78, 5) is 15.8. The van der Waals surface area contributed by atoms with Gasteiger partial charge in [0, 0.05) is 0 Å². The normalized spacial score (nSPS) is 10.7. The summed E-state index contributed by atoms with van der Waals surface area (Å²) >= 11 is 0. The van der Waals surface area contributed by atoms with Crippen LogP contribution in [0.2, 0.25) is 0 Å². The number of fused-ring (bicyclic) bond motifs is 2. The number of hydrogen-bond donors (Lipinski definition) is 3. The van der Waals surface area contributed by atoms with Crippen molar-refractivity contribution in [3.63, 3.8) is 0 Å². The average molecular weight is 307 g/mol. The van der Waals surface area contributed by atoms with Crippen LogP contribution in [0.25, 0.3) is 22.1 Å². The number of benzene rings is 2. The molecule has 23 heavy (non-hydrogen) atoms. The van der Waals surface area contributed by atoms with Crippen LogP contribution in [0.1, 0.15) is 31.1 Å². The van der Waals surface area contributed by atoms with Gasteiger partial charge in [0.1, 0.15) is 17.2 Å². The van der Waals surface area contributed by atoms with Gasteiger partial charge in [-0.3, -0.25) is 0 Å². The molecular formula is C18H21N5. The summed E-state index contributed by atoms with van der Waals surface area (Å²) < 4.78 is 0. The molecule has 0 aliphatic carbocycles. The lowest BCUT2D eigenvalue weighted by molar-refractivity contribution is 0.960. The van der Waals surface area contributed by atoms with E-state index in [2.05, 4.69) is 19.9 Å². The number of aryl methyl sites for hydroxylation is 1. The van der Waals surface area contributed by atoms with Crippen LogP contribution in [0.3, 0.4) is 0 Å². The molecule has 4 N–H and O–H groups in total. The first-order chi connectivity index (χ1) is 11.2. The molecule has 0 atom stereocenters. The molecule has 0 aliphatic rings. The summed E-state index contributed by atoms with van der Waals surface area (Å²) in [6.45, 7) is 5.99. The van der Waals surface area contributed by atoms with Crippen molar-refractivity contribution in [1.29, 1.82) is 0 Å². The molecule has 0 fully saturated rings. The van der Waals surface area contributed by atoms with Gasteiger partial charge in [-0.05, 0) is 30.7 Å². The Bertz CT molecular complexity index is 916. The summed E-state index contributed by atoms with van der Waals surface area (Å²) in [7, 11) is 0. The Labute approximate surface area is 135 Å². The molecular weight excluding hydrogens is 286 g/mol. The molecule has 5 nitrogen and oxygen atoms in total. The minimum absolute atomic E-state index is 0.627. The molecule has 0 unspecified atom stereocenters. The van der Waals surface area contributed by atoms with E-state index >= 15 is 0 Å². The monoisotopic (exact) mass is 307 g/mol. The molecule has 0 saturated heterocycles. The van der Waals surface area contributed by atoms with E-state index in [-0.39, 0.29) is 0 Å². The van der Waals surface area contributed by atoms with Gasteiger partial charge in [-0.15, -0.1) is 0 Å². The first-order valence-electron chi connectivity index (χ1n) is 7.88. The van der Waals surface area contributed by atoms with E-state index in [1.54, 1.807) is 0 Å². The van der Waals surface area contributed by atoms with Crippen LogP contribution in [0.15, 0.2) is 36.4 Å². The maximum Gasteiger partial charge on any atom is 0.114 e. The lowest BCUT2D eigenvalue weighted by Gasteiger charge is -1.98. The van der Waals surface area contributed by atoms with Crippen molar-refractivity contribution in [2.45, 2.75) is 27.2 Å². The van der Waals surface area contributed by atoms with E-state index in [9.17, 15) is 0 Å². The van der Waals surface area contributed by atoms with E-state index in [1.807, 2.05) is 57.2 Å². The zero-order valence-electron chi connectivity index (χ0n) is 13.6. The Morgan fingerprint density at radius 3 is 2.39 bits per heavy atom. The van der Waals surface area contributed by atoms with E-state index < -0.39 is 0 Å². The van der Waals surface area contributed by atoms with Crippen LogP contribution < -0.4 is 5.73 Å². The predicted molar refractivity (Wildman–Crippen MR) is 95.5 cm³/mol. The second-order valence-electron chi connectivity index (χ2n) is 5.25. The number of rotatable bonds is 2. The van der Waals surface area contributed by atoms with E-state index in [0.717, 1.165) is 45.0 Å². The highest BCUT2D eigenvalue weighted by molar-refractivity contribution is 5.88. The van der Waals surface area contributed by atoms with Crippen LogP contribution in [0.4, 0.5) is 5.69 Å². The average Bonchev–Trinajstić information content (AvgIpc) is 3.16. The topological polar surface area (TPSA) is 83.4 Å². The van der Waals surface area contributed by atoms with E-state index in [4.69, 9.17) is 5.73 Å². The van der Waals surface area contributed by atoms with Crippen LogP contribution in [0, 0.1) is 6.92 Å². The highest BCUT2D eigenvalue weighted by Crippen LogP contribution is 2.23. The molecule has 2 aromatic heterocycles. The van der Waals surface area contributed by atoms with Crippen molar-refractivity contribution < 1.29 is 0 Å². The number of anilines is 1. The first-order valence-corrected chi connectivity index (χ1v) is 7.88. The van der Waals surface area contributed by atoms with Crippen molar-refractivity contribution in [3.8, 4) is 0 Å². The van der Waals surface area contributed by atoms with Gasteiger partial charge >= 0.3 is 0 Å². The first kappa shape index (κ1) is 15.1. The van der Waals surface area contributed by atoms with Gasteiger partial charge in [-0.2, -0.15) is 0 Å². The number of nitrogens with one attached hydrogen (secondary N) is 2. The second kappa shape index (κ2) is 6.12. The number of nitrogens with zero attached hydrogens (tertiary/aromatic N) is 2. The van der Waals surface area contributed by atoms with Crippen molar-refractivity contribution in [2.75, 3.05) is 5.73 Å². The molecule has 2 heterocycles. The van der Waals surface area contributed by atoms with Gasteiger partial charge in [-0.1, -0.05) is 32.0 Å².